The Labute approximate surface area is 113 Å². The molecule has 0 aromatic heterocycles. The highest BCUT2D eigenvalue weighted by Gasteiger charge is 2.25. The standard InChI is InChI=1S/C13H18Cl2N2/c1-8-5-12(15)13(7-11(8)14)17-4-3-10(16)6-9(17)2/h5,7,9-10H,3-4,6,16H2,1-2H3. The van der Waals surface area contributed by atoms with E-state index in [1.807, 2.05) is 19.1 Å². The highest BCUT2D eigenvalue weighted by molar-refractivity contribution is 6.35. The zero-order chi connectivity index (χ0) is 12.6. The lowest BCUT2D eigenvalue weighted by Gasteiger charge is -2.38. The number of anilines is 1. The zero-order valence-corrected chi connectivity index (χ0v) is 11.7. The third kappa shape index (κ3) is 2.70. The highest BCUT2D eigenvalue weighted by Crippen LogP contribution is 2.34. The molecule has 0 radical (unpaired) electrons. The van der Waals surface area contributed by atoms with Crippen LogP contribution in [0.25, 0.3) is 0 Å². The number of benzene rings is 1. The Morgan fingerprint density at radius 2 is 2.00 bits per heavy atom. The maximum atomic E-state index is 6.30. The van der Waals surface area contributed by atoms with E-state index in [1.165, 1.54) is 0 Å². The predicted octanol–water partition coefficient (Wildman–Crippen LogP) is 3.62. The molecular weight excluding hydrogens is 255 g/mol. The Morgan fingerprint density at radius 3 is 2.65 bits per heavy atom. The summed E-state index contributed by atoms with van der Waals surface area (Å²) in [6.07, 6.45) is 2.01. The lowest BCUT2D eigenvalue weighted by atomic mass is 9.98. The van der Waals surface area contributed by atoms with Crippen LogP contribution in [-0.4, -0.2) is 18.6 Å². The molecule has 0 bridgehead atoms. The molecule has 0 spiro atoms. The summed E-state index contributed by atoms with van der Waals surface area (Å²) < 4.78 is 0. The molecule has 1 aliphatic heterocycles. The molecule has 17 heavy (non-hydrogen) atoms. The Hall–Kier alpha value is -0.440. The molecule has 1 aromatic rings. The number of hydrogen-bond acceptors (Lipinski definition) is 2. The minimum absolute atomic E-state index is 0.306. The molecule has 2 nitrogen and oxygen atoms in total. The summed E-state index contributed by atoms with van der Waals surface area (Å²) in [4.78, 5) is 2.30. The molecule has 1 aromatic carbocycles. The molecule has 2 unspecified atom stereocenters. The number of rotatable bonds is 1. The van der Waals surface area contributed by atoms with Crippen LogP contribution in [0.4, 0.5) is 5.69 Å². The molecule has 1 fully saturated rings. The fourth-order valence-electron chi connectivity index (χ4n) is 2.42. The molecule has 1 aliphatic rings. The van der Waals surface area contributed by atoms with E-state index in [9.17, 15) is 0 Å². The first-order valence-electron chi connectivity index (χ1n) is 5.97. The lowest BCUT2D eigenvalue weighted by Crippen LogP contribution is -2.45. The second-order valence-electron chi connectivity index (χ2n) is 4.88. The first-order valence-corrected chi connectivity index (χ1v) is 6.72. The molecular formula is C13H18Cl2N2. The minimum Gasteiger partial charge on any atom is -0.367 e. The van der Waals surface area contributed by atoms with Gasteiger partial charge in [0.1, 0.15) is 0 Å². The first-order chi connectivity index (χ1) is 7.99. The fourth-order valence-corrected chi connectivity index (χ4v) is 2.91. The monoisotopic (exact) mass is 272 g/mol. The highest BCUT2D eigenvalue weighted by atomic mass is 35.5. The van der Waals surface area contributed by atoms with Crippen molar-refractivity contribution in [3.05, 3.63) is 27.7 Å². The van der Waals surface area contributed by atoms with Crippen molar-refractivity contribution >= 4 is 28.9 Å². The fraction of sp³-hybridized carbons (Fsp3) is 0.538. The van der Waals surface area contributed by atoms with Crippen LogP contribution in [-0.2, 0) is 0 Å². The Bertz CT molecular complexity index is 420. The molecule has 2 atom stereocenters. The van der Waals surface area contributed by atoms with E-state index >= 15 is 0 Å². The quantitative estimate of drug-likeness (QED) is 0.846. The molecule has 0 amide bonds. The largest absolute Gasteiger partial charge is 0.367 e. The Balaban J connectivity index is 2.31. The van der Waals surface area contributed by atoms with Gasteiger partial charge in [0.2, 0.25) is 0 Å². The second kappa shape index (κ2) is 5.05. The third-order valence-electron chi connectivity index (χ3n) is 3.45. The van der Waals surface area contributed by atoms with Gasteiger partial charge in [-0.15, -0.1) is 0 Å². The van der Waals surface area contributed by atoms with Crippen LogP contribution in [0.1, 0.15) is 25.3 Å². The van der Waals surface area contributed by atoms with E-state index in [1.54, 1.807) is 0 Å². The Kier molecular flexibility index (Phi) is 3.86. The molecule has 2 N–H and O–H groups in total. The van der Waals surface area contributed by atoms with Crippen LogP contribution in [0.2, 0.25) is 10.0 Å². The van der Waals surface area contributed by atoms with E-state index < -0.39 is 0 Å². The van der Waals surface area contributed by atoms with Gasteiger partial charge in [-0.1, -0.05) is 23.2 Å². The topological polar surface area (TPSA) is 29.3 Å². The SMILES string of the molecule is Cc1cc(Cl)c(N2CCC(N)CC2C)cc1Cl. The minimum atomic E-state index is 0.306. The maximum Gasteiger partial charge on any atom is 0.0643 e. The van der Waals surface area contributed by atoms with Gasteiger partial charge in [-0.25, -0.2) is 0 Å². The normalized spacial score (nSPS) is 25.1. The number of piperidine rings is 1. The van der Waals surface area contributed by atoms with Gasteiger partial charge in [0.05, 0.1) is 10.7 Å². The van der Waals surface area contributed by atoms with Gasteiger partial charge < -0.3 is 10.6 Å². The molecule has 0 aliphatic carbocycles. The summed E-state index contributed by atoms with van der Waals surface area (Å²) in [6, 6.07) is 4.61. The summed E-state index contributed by atoms with van der Waals surface area (Å²) in [5.41, 5.74) is 8.02. The van der Waals surface area contributed by atoms with Crippen LogP contribution >= 0.6 is 23.2 Å². The lowest BCUT2D eigenvalue weighted by molar-refractivity contribution is 0.430. The van der Waals surface area contributed by atoms with E-state index in [2.05, 4.69) is 11.8 Å². The second-order valence-corrected chi connectivity index (χ2v) is 5.69. The smallest absolute Gasteiger partial charge is 0.0643 e. The van der Waals surface area contributed by atoms with Crippen molar-refractivity contribution in [1.82, 2.24) is 0 Å². The number of halogens is 2. The van der Waals surface area contributed by atoms with E-state index in [-0.39, 0.29) is 0 Å². The number of nitrogens with zero attached hydrogens (tertiary/aromatic N) is 1. The van der Waals surface area contributed by atoms with Crippen molar-refractivity contribution in [3.8, 4) is 0 Å². The summed E-state index contributed by atoms with van der Waals surface area (Å²) in [5, 5.41) is 1.54. The summed E-state index contributed by atoms with van der Waals surface area (Å²) in [7, 11) is 0. The van der Waals surface area contributed by atoms with E-state index in [0.29, 0.717) is 12.1 Å². The molecule has 4 heteroatoms. The van der Waals surface area contributed by atoms with Gasteiger partial charge in [0.15, 0.2) is 0 Å². The van der Waals surface area contributed by atoms with Gasteiger partial charge in [0.25, 0.3) is 0 Å². The number of nitrogens with two attached hydrogens (primary N) is 1. The van der Waals surface area contributed by atoms with Gasteiger partial charge >= 0.3 is 0 Å². The van der Waals surface area contributed by atoms with Crippen molar-refractivity contribution < 1.29 is 0 Å². The van der Waals surface area contributed by atoms with E-state index in [4.69, 9.17) is 28.9 Å². The molecule has 94 valence electrons. The predicted molar refractivity (Wildman–Crippen MR) is 75.2 cm³/mol. The summed E-state index contributed by atoms with van der Waals surface area (Å²) >= 11 is 12.5. The van der Waals surface area contributed by atoms with Crippen LogP contribution in [0.5, 0.6) is 0 Å². The van der Waals surface area contributed by atoms with Gasteiger partial charge in [-0.2, -0.15) is 0 Å². The molecule has 1 saturated heterocycles. The average Bonchev–Trinajstić information content (AvgIpc) is 2.24. The van der Waals surface area contributed by atoms with Crippen molar-refractivity contribution in [1.29, 1.82) is 0 Å². The molecule has 0 saturated carbocycles. The van der Waals surface area contributed by atoms with Crippen LogP contribution in [0, 0.1) is 6.92 Å². The van der Waals surface area contributed by atoms with Crippen molar-refractivity contribution in [3.63, 3.8) is 0 Å². The van der Waals surface area contributed by atoms with Crippen LogP contribution < -0.4 is 10.6 Å². The number of hydrogen-bond donors (Lipinski definition) is 1. The third-order valence-corrected chi connectivity index (χ3v) is 4.16. The number of aryl methyl sites for hydroxylation is 1. The van der Waals surface area contributed by atoms with Crippen molar-refractivity contribution in [2.45, 2.75) is 38.8 Å². The van der Waals surface area contributed by atoms with Crippen LogP contribution in [0.3, 0.4) is 0 Å². The van der Waals surface area contributed by atoms with Gasteiger partial charge in [-0.3, -0.25) is 0 Å². The first kappa shape index (κ1) is 13.0. The summed E-state index contributed by atoms with van der Waals surface area (Å²) in [5.74, 6) is 0. The maximum absolute atomic E-state index is 6.30. The Morgan fingerprint density at radius 1 is 1.29 bits per heavy atom. The van der Waals surface area contributed by atoms with Crippen LogP contribution in [0.15, 0.2) is 12.1 Å². The molecule has 2 rings (SSSR count). The van der Waals surface area contributed by atoms with E-state index in [0.717, 1.165) is 40.7 Å². The average molecular weight is 273 g/mol. The zero-order valence-electron chi connectivity index (χ0n) is 10.2. The molecule has 1 heterocycles. The van der Waals surface area contributed by atoms with Gasteiger partial charge in [-0.05, 0) is 44.4 Å². The summed E-state index contributed by atoms with van der Waals surface area (Å²) in [6.45, 7) is 5.10. The van der Waals surface area contributed by atoms with Crippen molar-refractivity contribution in [2.24, 2.45) is 5.73 Å². The van der Waals surface area contributed by atoms with Gasteiger partial charge in [0, 0.05) is 23.7 Å². The van der Waals surface area contributed by atoms with Crippen molar-refractivity contribution in [2.75, 3.05) is 11.4 Å².